The van der Waals surface area contributed by atoms with Gasteiger partial charge in [-0.1, -0.05) is 29.3 Å². The van der Waals surface area contributed by atoms with Gasteiger partial charge in [-0.15, -0.1) is 0 Å². The monoisotopic (exact) mass is 239 g/mol. The molecule has 0 amide bonds. The smallest absolute Gasteiger partial charge is 0.225 e. The molecule has 2 N–H and O–H groups in total. The minimum Gasteiger partial charge on any atom is -0.225 e. The summed E-state index contributed by atoms with van der Waals surface area (Å²) in [5.41, 5.74) is 0.620. The van der Waals surface area contributed by atoms with Crippen molar-refractivity contribution in [2.75, 3.05) is 0 Å². The van der Waals surface area contributed by atoms with Crippen LogP contribution in [0.15, 0.2) is 17.0 Å². The highest BCUT2D eigenvalue weighted by molar-refractivity contribution is 7.89. The third kappa shape index (κ3) is 2.14. The molecular weight excluding hydrogens is 233 g/mol. The molecule has 0 atom stereocenters. The third-order valence-corrected chi connectivity index (χ3v) is 3.55. The number of hydrogen-bond acceptors (Lipinski definition) is 2. The van der Waals surface area contributed by atoms with Gasteiger partial charge in [-0.05, 0) is 18.6 Å². The highest BCUT2D eigenvalue weighted by atomic mass is 35.5. The maximum Gasteiger partial charge on any atom is 0.241 e. The molecule has 0 saturated carbocycles. The predicted molar refractivity (Wildman–Crippen MR) is 52.6 cm³/mol. The molecule has 0 saturated heterocycles. The van der Waals surface area contributed by atoms with Crippen molar-refractivity contribution in [3.8, 4) is 0 Å². The van der Waals surface area contributed by atoms with Crippen molar-refractivity contribution in [3.05, 3.63) is 27.7 Å². The van der Waals surface area contributed by atoms with E-state index in [1.54, 1.807) is 13.0 Å². The zero-order valence-corrected chi connectivity index (χ0v) is 9.04. The average molecular weight is 240 g/mol. The minimum atomic E-state index is -3.85. The topological polar surface area (TPSA) is 60.2 Å². The van der Waals surface area contributed by atoms with Crippen LogP contribution in [0.1, 0.15) is 5.56 Å². The first kappa shape index (κ1) is 10.8. The molecule has 13 heavy (non-hydrogen) atoms. The van der Waals surface area contributed by atoms with Crippen LogP contribution in [-0.4, -0.2) is 8.42 Å². The summed E-state index contributed by atoms with van der Waals surface area (Å²) in [5.74, 6) is 0. The summed E-state index contributed by atoms with van der Waals surface area (Å²) in [6.07, 6.45) is 0. The first-order valence-corrected chi connectivity index (χ1v) is 5.61. The van der Waals surface area contributed by atoms with Crippen LogP contribution in [0.5, 0.6) is 0 Å². The predicted octanol–water partition coefficient (Wildman–Crippen LogP) is 1.95. The fraction of sp³-hybridized carbons (Fsp3) is 0.143. The van der Waals surface area contributed by atoms with E-state index in [1.807, 2.05) is 0 Å². The fourth-order valence-corrected chi connectivity index (χ4v) is 2.66. The van der Waals surface area contributed by atoms with Gasteiger partial charge in [0.15, 0.2) is 0 Å². The van der Waals surface area contributed by atoms with Crippen molar-refractivity contribution in [2.24, 2.45) is 5.14 Å². The lowest BCUT2D eigenvalue weighted by molar-refractivity contribution is 0.598. The Labute approximate surface area is 86.5 Å². The van der Waals surface area contributed by atoms with E-state index < -0.39 is 10.0 Å². The maximum atomic E-state index is 11.0. The van der Waals surface area contributed by atoms with Crippen LogP contribution < -0.4 is 5.14 Å². The van der Waals surface area contributed by atoms with Crippen molar-refractivity contribution in [3.63, 3.8) is 0 Å². The Bertz CT molecular complexity index is 442. The van der Waals surface area contributed by atoms with Crippen LogP contribution in [0.2, 0.25) is 10.0 Å². The van der Waals surface area contributed by atoms with Crippen LogP contribution in [0.4, 0.5) is 0 Å². The Kier molecular flexibility index (Phi) is 2.87. The average Bonchev–Trinajstić information content (AvgIpc) is 1.95. The lowest BCUT2D eigenvalue weighted by Gasteiger charge is -2.06. The van der Waals surface area contributed by atoms with Gasteiger partial charge in [-0.2, -0.15) is 0 Å². The molecule has 0 spiro atoms. The Morgan fingerprint density at radius 3 is 2.23 bits per heavy atom. The molecule has 1 aromatic rings. The van der Waals surface area contributed by atoms with Crippen LogP contribution >= 0.6 is 23.2 Å². The molecular formula is C7H7Cl2NO2S. The standard InChI is InChI=1S/C7H7Cl2NO2S/c1-4-2-3-5(8)7(6(4)9)13(10,11)12/h2-3H,1H3,(H2,10,11,12). The molecule has 0 fully saturated rings. The molecule has 0 unspecified atom stereocenters. The minimum absolute atomic E-state index is 0.0399. The summed E-state index contributed by atoms with van der Waals surface area (Å²) in [7, 11) is -3.85. The van der Waals surface area contributed by atoms with Gasteiger partial charge < -0.3 is 0 Å². The van der Waals surface area contributed by atoms with E-state index in [-0.39, 0.29) is 14.9 Å². The van der Waals surface area contributed by atoms with Gasteiger partial charge in [0.25, 0.3) is 0 Å². The normalized spacial score (nSPS) is 11.7. The summed E-state index contributed by atoms with van der Waals surface area (Å²) < 4.78 is 22.1. The fourth-order valence-electron chi connectivity index (χ4n) is 0.892. The van der Waals surface area contributed by atoms with E-state index in [4.69, 9.17) is 28.3 Å². The Hall–Kier alpha value is -0.290. The van der Waals surface area contributed by atoms with E-state index >= 15 is 0 Å². The van der Waals surface area contributed by atoms with Gasteiger partial charge in [-0.3, -0.25) is 0 Å². The summed E-state index contributed by atoms with van der Waals surface area (Å²) in [6.45, 7) is 1.67. The summed E-state index contributed by atoms with van der Waals surface area (Å²) in [6, 6.07) is 3.07. The number of nitrogens with two attached hydrogens (primary N) is 1. The molecule has 0 aliphatic rings. The SMILES string of the molecule is Cc1ccc(Cl)c(S(N)(=O)=O)c1Cl. The molecule has 72 valence electrons. The first-order chi connectivity index (χ1) is 5.84. The van der Waals surface area contributed by atoms with Crippen LogP contribution in [-0.2, 0) is 10.0 Å². The molecule has 0 aromatic heterocycles. The number of hydrogen-bond donors (Lipinski definition) is 1. The number of sulfonamides is 1. The number of aryl methyl sites for hydroxylation is 1. The van der Waals surface area contributed by atoms with Gasteiger partial charge in [-0.25, -0.2) is 13.6 Å². The van der Waals surface area contributed by atoms with Crippen molar-refractivity contribution in [1.82, 2.24) is 0 Å². The van der Waals surface area contributed by atoms with E-state index in [2.05, 4.69) is 0 Å². The number of benzene rings is 1. The largest absolute Gasteiger partial charge is 0.241 e. The van der Waals surface area contributed by atoms with Gasteiger partial charge in [0, 0.05) is 0 Å². The third-order valence-electron chi connectivity index (χ3n) is 1.53. The molecule has 0 aliphatic carbocycles. The Morgan fingerprint density at radius 1 is 1.31 bits per heavy atom. The molecule has 6 heteroatoms. The zero-order valence-electron chi connectivity index (χ0n) is 6.71. The molecule has 0 aliphatic heterocycles. The second kappa shape index (κ2) is 3.46. The van der Waals surface area contributed by atoms with Gasteiger partial charge in [0.1, 0.15) is 4.90 Å². The number of rotatable bonds is 1. The molecule has 3 nitrogen and oxygen atoms in total. The number of halogens is 2. The van der Waals surface area contributed by atoms with Crippen molar-refractivity contribution >= 4 is 33.2 Å². The highest BCUT2D eigenvalue weighted by Crippen LogP contribution is 2.30. The zero-order chi connectivity index (χ0) is 10.2. The Balaban J connectivity index is 3.62. The second-order valence-corrected chi connectivity index (χ2v) is 4.84. The summed E-state index contributed by atoms with van der Waals surface area (Å²) >= 11 is 11.4. The van der Waals surface area contributed by atoms with Gasteiger partial charge in [0.05, 0.1) is 10.0 Å². The summed E-state index contributed by atoms with van der Waals surface area (Å²) in [4.78, 5) is -0.212. The first-order valence-electron chi connectivity index (χ1n) is 3.31. The molecule has 1 rings (SSSR count). The molecule has 0 bridgehead atoms. The molecule has 0 radical (unpaired) electrons. The van der Waals surface area contributed by atoms with Gasteiger partial charge >= 0.3 is 0 Å². The molecule has 1 aromatic carbocycles. The van der Waals surface area contributed by atoms with E-state index in [1.165, 1.54) is 6.07 Å². The van der Waals surface area contributed by atoms with E-state index in [0.29, 0.717) is 5.56 Å². The van der Waals surface area contributed by atoms with Crippen LogP contribution in [0.25, 0.3) is 0 Å². The van der Waals surface area contributed by atoms with Crippen molar-refractivity contribution in [1.29, 1.82) is 0 Å². The highest BCUT2D eigenvalue weighted by Gasteiger charge is 2.18. The van der Waals surface area contributed by atoms with Crippen molar-refractivity contribution < 1.29 is 8.42 Å². The molecule has 0 heterocycles. The van der Waals surface area contributed by atoms with Crippen LogP contribution in [0, 0.1) is 6.92 Å². The number of primary sulfonamides is 1. The van der Waals surface area contributed by atoms with E-state index in [9.17, 15) is 8.42 Å². The van der Waals surface area contributed by atoms with Crippen LogP contribution in [0.3, 0.4) is 0 Å². The van der Waals surface area contributed by atoms with Crippen molar-refractivity contribution in [2.45, 2.75) is 11.8 Å². The maximum absolute atomic E-state index is 11.0. The van der Waals surface area contributed by atoms with Gasteiger partial charge in [0.2, 0.25) is 10.0 Å². The second-order valence-electron chi connectivity index (χ2n) is 2.55. The van der Waals surface area contributed by atoms with E-state index in [0.717, 1.165) is 0 Å². The lowest BCUT2D eigenvalue weighted by Crippen LogP contribution is -2.13. The Morgan fingerprint density at radius 2 is 1.85 bits per heavy atom. The quantitative estimate of drug-likeness (QED) is 0.815. The lowest BCUT2D eigenvalue weighted by atomic mass is 10.2. The summed E-state index contributed by atoms with van der Waals surface area (Å²) in [5, 5.41) is 5.05.